The van der Waals surface area contributed by atoms with E-state index in [0.29, 0.717) is 22.0 Å². The lowest BCUT2D eigenvalue weighted by atomic mass is 10.1. The number of benzene rings is 2. The number of anilines is 2. The van der Waals surface area contributed by atoms with Crippen LogP contribution in [0, 0.1) is 6.92 Å². The predicted molar refractivity (Wildman–Crippen MR) is 105 cm³/mol. The molecule has 29 heavy (non-hydrogen) atoms. The van der Waals surface area contributed by atoms with Crippen molar-refractivity contribution in [1.29, 1.82) is 0 Å². The van der Waals surface area contributed by atoms with E-state index >= 15 is 0 Å². The third-order valence-corrected chi connectivity index (χ3v) is 4.98. The highest BCUT2D eigenvalue weighted by Gasteiger charge is 2.43. The molecule has 1 aliphatic rings. The van der Waals surface area contributed by atoms with E-state index in [2.05, 4.69) is 5.32 Å². The van der Waals surface area contributed by atoms with Gasteiger partial charge in [0.25, 0.3) is 5.91 Å². The Morgan fingerprint density at radius 1 is 1.03 bits per heavy atom. The fourth-order valence-electron chi connectivity index (χ4n) is 3.23. The Labute approximate surface area is 171 Å². The van der Waals surface area contributed by atoms with Crippen LogP contribution in [0.5, 0.6) is 0 Å². The van der Waals surface area contributed by atoms with Gasteiger partial charge in [-0.1, -0.05) is 29.8 Å². The van der Waals surface area contributed by atoms with Gasteiger partial charge in [-0.05, 0) is 36.8 Å². The summed E-state index contributed by atoms with van der Waals surface area (Å²) in [5.74, 6) is -2.14. The number of rotatable bonds is 3. The lowest BCUT2D eigenvalue weighted by Crippen LogP contribution is -2.52. The van der Waals surface area contributed by atoms with Crippen molar-refractivity contribution in [3.05, 3.63) is 58.6 Å². The highest BCUT2D eigenvalue weighted by molar-refractivity contribution is 6.31. The Kier molecular flexibility index (Phi) is 6.02. The molecular formula is C20H19ClF3N3O2. The van der Waals surface area contributed by atoms with Gasteiger partial charge in [-0.25, -0.2) is 0 Å². The number of alkyl halides is 3. The van der Waals surface area contributed by atoms with Gasteiger partial charge in [-0.3, -0.25) is 9.59 Å². The number of halogens is 4. The molecule has 0 aliphatic carbocycles. The van der Waals surface area contributed by atoms with E-state index in [1.54, 1.807) is 30.3 Å². The fraction of sp³-hybridized carbons (Fsp3) is 0.300. The summed E-state index contributed by atoms with van der Waals surface area (Å²) in [6.45, 7) is 2.11. The third kappa shape index (κ3) is 4.82. The Morgan fingerprint density at radius 2 is 1.69 bits per heavy atom. The molecule has 1 aliphatic heterocycles. The summed E-state index contributed by atoms with van der Waals surface area (Å²) in [4.78, 5) is 26.7. The number of nitrogens with one attached hydrogen (secondary N) is 1. The molecule has 9 heteroatoms. The van der Waals surface area contributed by atoms with Crippen molar-refractivity contribution < 1.29 is 22.8 Å². The van der Waals surface area contributed by atoms with E-state index in [9.17, 15) is 22.8 Å². The van der Waals surface area contributed by atoms with Crippen molar-refractivity contribution in [1.82, 2.24) is 4.90 Å². The molecule has 0 radical (unpaired) electrons. The monoisotopic (exact) mass is 425 g/mol. The third-order valence-electron chi connectivity index (χ3n) is 4.75. The number of hydrogen-bond donors (Lipinski definition) is 1. The van der Waals surface area contributed by atoms with Crippen molar-refractivity contribution in [2.45, 2.75) is 13.1 Å². The van der Waals surface area contributed by atoms with Crippen LogP contribution < -0.4 is 10.2 Å². The summed E-state index contributed by atoms with van der Waals surface area (Å²) in [5, 5.41) is 3.25. The topological polar surface area (TPSA) is 52.7 Å². The Morgan fingerprint density at radius 3 is 2.31 bits per heavy atom. The van der Waals surface area contributed by atoms with Gasteiger partial charge in [0.1, 0.15) is 0 Å². The van der Waals surface area contributed by atoms with E-state index in [1.807, 2.05) is 24.0 Å². The van der Waals surface area contributed by atoms with Crippen LogP contribution in [0.4, 0.5) is 24.5 Å². The van der Waals surface area contributed by atoms with Gasteiger partial charge < -0.3 is 15.1 Å². The maximum atomic E-state index is 12.7. The van der Waals surface area contributed by atoms with Crippen LogP contribution in [-0.4, -0.2) is 49.1 Å². The summed E-state index contributed by atoms with van der Waals surface area (Å²) >= 11 is 6.08. The predicted octanol–water partition coefficient (Wildman–Crippen LogP) is 4.11. The molecule has 3 rings (SSSR count). The number of carbonyl (C=O) groups is 2. The number of nitrogens with zero attached hydrogens (tertiary/aromatic N) is 2. The van der Waals surface area contributed by atoms with E-state index in [1.165, 1.54) is 0 Å². The minimum absolute atomic E-state index is 0.0633. The highest BCUT2D eigenvalue weighted by atomic mass is 35.5. The summed E-state index contributed by atoms with van der Waals surface area (Å²) in [7, 11) is 0. The SMILES string of the molecule is Cc1ccccc1C(=O)Nc1cc(Cl)ccc1N1CCN(C(=O)C(F)(F)F)CC1. The molecule has 1 saturated heterocycles. The second kappa shape index (κ2) is 8.32. The van der Waals surface area contributed by atoms with Crippen LogP contribution in [0.3, 0.4) is 0 Å². The number of aryl methyl sites for hydroxylation is 1. The molecule has 154 valence electrons. The molecule has 1 N–H and O–H groups in total. The molecule has 2 amide bonds. The van der Waals surface area contributed by atoms with E-state index in [-0.39, 0.29) is 32.1 Å². The average Bonchev–Trinajstić information content (AvgIpc) is 2.67. The second-order valence-electron chi connectivity index (χ2n) is 6.71. The van der Waals surface area contributed by atoms with Gasteiger partial charge >= 0.3 is 12.1 Å². The quantitative estimate of drug-likeness (QED) is 0.805. The number of amides is 2. The molecule has 5 nitrogen and oxygen atoms in total. The van der Waals surface area contributed by atoms with Crippen LogP contribution in [0.25, 0.3) is 0 Å². The van der Waals surface area contributed by atoms with Gasteiger partial charge in [0, 0.05) is 36.8 Å². The largest absolute Gasteiger partial charge is 0.471 e. The van der Waals surface area contributed by atoms with Crippen molar-refractivity contribution in [3.63, 3.8) is 0 Å². The molecule has 0 bridgehead atoms. The maximum absolute atomic E-state index is 12.7. The van der Waals surface area contributed by atoms with Crippen molar-refractivity contribution in [2.24, 2.45) is 0 Å². The van der Waals surface area contributed by atoms with Gasteiger partial charge in [0.05, 0.1) is 11.4 Å². The van der Waals surface area contributed by atoms with Crippen LogP contribution in [-0.2, 0) is 4.79 Å². The molecule has 0 atom stereocenters. The van der Waals surface area contributed by atoms with E-state index in [4.69, 9.17) is 11.6 Å². The molecule has 0 aromatic heterocycles. The lowest BCUT2D eigenvalue weighted by Gasteiger charge is -2.37. The summed E-state index contributed by atoms with van der Waals surface area (Å²) in [6.07, 6.45) is -4.88. The molecule has 2 aromatic carbocycles. The molecule has 2 aromatic rings. The zero-order chi connectivity index (χ0) is 21.2. The first-order chi connectivity index (χ1) is 13.7. The van der Waals surface area contributed by atoms with Crippen LogP contribution in [0.2, 0.25) is 5.02 Å². The second-order valence-corrected chi connectivity index (χ2v) is 7.14. The first-order valence-electron chi connectivity index (χ1n) is 8.94. The lowest BCUT2D eigenvalue weighted by molar-refractivity contribution is -0.185. The van der Waals surface area contributed by atoms with E-state index in [0.717, 1.165) is 10.5 Å². The molecular weight excluding hydrogens is 407 g/mol. The van der Waals surface area contributed by atoms with Gasteiger partial charge in [0.15, 0.2) is 0 Å². The van der Waals surface area contributed by atoms with Crippen LogP contribution >= 0.6 is 11.6 Å². The first kappa shape index (κ1) is 21.0. The standard InChI is InChI=1S/C20H19ClF3N3O2/c1-13-4-2-3-5-15(13)18(28)25-16-12-14(21)6-7-17(16)26-8-10-27(11-9-26)19(29)20(22,23)24/h2-7,12H,8-11H2,1H3,(H,25,28). The molecule has 0 unspecified atom stereocenters. The highest BCUT2D eigenvalue weighted by Crippen LogP contribution is 2.31. The number of carbonyl (C=O) groups excluding carboxylic acids is 2. The molecule has 0 spiro atoms. The smallest absolute Gasteiger partial charge is 0.366 e. The number of hydrogen-bond acceptors (Lipinski definition) is 3. The minimum atomic E-state index is -4.88. The first-order valence-corrected chi connectivity index (χ1v) is 9.32. The van der Waals surface area contributed by atoms with Crippen molar-refractivity contribution in [3.8, 4) is 0 Å². The van der Waals surface area contributed by atoms with Gasteiger partial charge in [-0.15, -0.1) is 0 Å². The van der Waals surface area contributed by atoms with Crippen molar-refractivity contribution in [2.75, 3.05) is 36.4 Å². The van der Waals surface area contributed by atoms with Crippen LogP contribution in [0.1, 0.15) is 15.9 Å². The molecule has 1 fully saturated rings. The van der Waals surface area contributed by atoms with Gasteiger partial charge in [0.2, 0.25) is 0 Å². The van der Waals surface area contributed by atoms with E-state index < -0.39 is 12.1 Å². The van der Waals surface area contributed by atoms with Crippen molar-refractivity contribution >= 4 is 34.8 Å². The Hall–Kier alpha value is -2.74. The number of piperazine rings is 1. The summed E-state index contributed by atoms with van der Waals surface area (Å²) in [5.41, 5.74) is 2.42. The average molecular weight is 426 g/mol. The van der Waals surface area contributed by atoms with Crippen LogP contribution in [0.15, 0.2) is 42.5 Å². The summed E-state index contributed by atoms with van der Waals surface area (Å²) in [6, 6.07) is 12.1. The Bertz CT molecular complexity index is 925. The van der Waals surface area contributed by atoms with Gasteiger partial charge in [-0.2, -0.15) is 13.2 Å². The summed E-state index contributed by atoms with van der Waals surface area (Å²) < 4.78 is 37.9. The molecule has 0 saturated carbocycles. The molecule has 1 heterocycles. The zero-order valence-corrected chi connectivity index (χ0v) is 16.3. The maximum Gasteiger partial charge on any atom is 0.471 e. The normalized spacial score (nSPS) is 14.7. The minimum Gasteiger partial charge on any atom is -0.366 e. The zero-order valence-electron chi connectivity index (χ0n) is 15.6. The fourth-order valence-corrected chi connectivity index (χ4v) is 3.40. The Balaban J connectivity index is 1.77.